The van der Waals surface area contributed by atoms with E-state index in [2.05, 4.69) is 20.7 Å². The fourth-order valence-electron chi connectivity index (χ4n) is 2.20. The van der Waals surface area contributed by atoms with Crippen molar-refractivity contribution >= 4 is 12.0 Å². The van der Waals surface area contributed by atoms with Crippen LogP contribution in [0.3, 0.4) is 0 Å². The van der Waals surface area contributed by atoms with Crippen molar-refractivity contribution in [2.24, 2.45) is 11.0 Å². The van der Waals surface area contributed by atoms with Crippen LogP contribution >= 0.6 is 0 Å². The Hall–Kier alpha value is -3.03. The molecule has 0 bridgehead atoms. The first-order valence-corrected chi connectivity index (χ1v) is 9.03. The number of amides is 2. The van der Waals surface area contributed by atoms with E-state index >= 15 is 0 Å². The molecule has 9 heteroatoms. The Labute approximate surface area is 164 Å². The van der Waals surface area contributed by atoms with Gasteiger partial charge in [-0.25, -0.2) is 4.79 Å². The molecule has 0 saturated heterocycles. The molecule has 1 rings (SSSR count). The first-order chi connectivity index (χ1) is 13.5. The maximum absolute atomic E-state index is 12.5. The first-order valence-electron chi connectivity index (χ1n) is 9.03. The monoisotopic (exact) mass is 389 g/mol. The van der Waals surface area contributed by atoms with Gasteiger partial charge in [0.15, 0.2) is 0 Å². The fourth-order valence-corrected chi connectivity index (χ4v) is 2.20. The van der Waals surface area contributed by atoms with Crippen molar-refractivity contribution < 1.29 is 19.4 Å². The number of ether oxygens (including phenoxy) is 1. The maximum Gasteiger partial charge on any atom is 0.408 e. The van der Waals surface area contributed by atoms with Crippen LogP contribution in [-0.2, 0) is 16.1 Å². The van der Waals surface area contributed by atoms with E-state index in [4.69, 9.17) is 10.3 Å². The molecule has 0 fully saturated rings. The molecule has 0 aliphatic carbocycles. The van der Waals surface area contributed by atoms with Gasteiger partial charge in [-0.1, -0.05) is 61.4 Å². The molecule has 0 aliphatic rings. The van der Waals surface area contributed by atoms with Gasteiger partial charge in [-0.2, -0.15) is 0 Å². The minimum atomic E-state index is -0.984. The first kappa shape index (κ1) is 23.0. The largest absolute Gasteiger partial charge is 0.445 e. The number of carbonyl (C=O) groups is 2. The second-order valence-corrected chi connectivity index (χ2v) is 6.40. The van der Waals surface area contributed by atoms with Crippen LogP contribution in [0.5, 0.6) is 0 Å². The average molecular weight is 389 g/mol. The number of nitrogens with one attached hydrogen (secondary N) is 2. The molecule has 0 aliphatic heterocycles. The van der Waals surface area contributed by atoms with E-state index in [-0.39, 0.29) is 25.7 Å². The van der Waals surface area contributed by atoms with Crippen molar-refractivity contribution in [1.29, 1.82) is 0 Å². The summed E-state index contributed by atoms with van der Waals surface area (Å²) in [6, 6.07) is 7.75. The second kappa shape index (κ2) is 13.2. The third kappa shape index (κ3) is 9.07. The quantitative estimate of drug-likeness (QED) is 0.176. The van der Waals surface area contributed by atoms with Crippen LogP contribution in [0, 0.1) is 5.92 Å². The zero-order valence-electron chi connectivity index (χ0n) is 16.1. The number of carbonyl (C=O) groups excluding carboxylic acids is 2. The summed E-state index contributed by atoms with van der Waals surface area (Å²) in [5.74, 6) is -0.446. The lowest BCUT2D eigenvalue weighted by atomic mass is 10.0. The molecule has 1 aromatic carbocycles. The zero-order chi connectivity index (χ0) is 20.8. The van der Waals surface area contributed by atoms with Gasteiger partial charge in [0.2, 0.25) is 5.91 Å². The molecule has 0 aromatic heterocycles. The molecule has 152 valence electrons. The molecule has 2 atom stereocenters. The number of aliphatic hydroxyl groups is 1. The van der Waals surface area contributed by atoms with E-state index in [9.17, 15) is 14.7 Å². The standard InChI is InChI=1S/C19H27N5O4/c1-14(2)17(12-25)22-18(26)16(10-6-7-11-21-24-20)23-19(27)28-13-15-8-4-3-5-9-15/h3-6,8-10,14,16-17,25H,7,11-13H2,1-2H3,(H,22,26)(H,23,27)/b10-6+/t16-,17+/m0/s1. The van der Waals surface area contributed by atoms with E-state index in [0.717, 1.165) is 5.56 Å². The number of aliphatic hydroxyl groups excluding tert-OH is 1. The third-order valence-corrected chi connectivity index (χ3v) is 3.89. The highest BCUT2D eigenvalue weighted by Crippen LogP contribution is 2.04. The normalized spacial score (nSPS) is 12.9. The van der Waals surface area contributed by atoms with Crippen LogP contribution in [0.1, 0.15) is 25.8 Å². The molecular weight excluding hydrogens is 362 g/mol. The van der Waals surface area contributed by atoms with Crippen molar-refractivity contribution in [1.82, 2.24) is 10.6 Å². The van der Waals surface area contributed by atoms with E-state index in [1.54, 1.807) is 6.08 Å². The molecule has 1 aromatic rings. The van der Waals surface area contributed by atoms with Crippen LogP contribution < -0.4 is 10.6 Å². The number of benzene rings is 1. The summed E-state index contributed by atoms with van der Waals surface area (Å²) in [5.41, 5.74) is 9.11. The average Bonchev–Trinajstić information content (AvgIpc) is 2.69. The van der Waals surface area contributed by atoms with Gasteiger partial charge in [-0.3, -0.25) is 4.79 Å². The van der Waals surface area contributed by atoms with Crippen molar-refractivity contribution in [2.45, 2.75) is 39.0 Å². The van der Waals surface area contributed by atoms with E-state index in [1.165, 1.54) is 6.08 Å². The van der Waals surface area contributed by atoms with Gasteiger partial charge in [0, 0.05) is 11.5 Å². The molecule has 2 amide bonds. The van der Waals surface area contributed by atoms with Gasteiger partial charge in [0.05, 0.1) is 12.6 Å². The lowest BCUT2D eigenvalue weighted by molar-refractivity contribution is -0.123. The van der Waals surface area contributed by atoms with Crippen molar-refractivity contribution in [3.05, 3.63) is 58.5 Å². The lowest BCUT2D eigenvalue weighted by Gasteiger charge is -2.23. The summed E-state index contributed by atoms with van der Waals surface area (Å²) in [4.78, 5) is 27.3. The molecule has 0 spiro atoms. The third-order valence-electron chi connectivity index (χ3n) is 3.89. The highest BCUT2D eigenvalue weighted by molar-refractivity contribution is 5.87. The summed E-state index contributed by atoms with van der Waals surface area (Å²) in [6.45, 7) is 3.84. The maximum atomic E-state index is 12.5. The van der Waals surface area contributed by atoms with Gasteiger partial charge in [-0.15, -0.1) is 0 Å². The molecule has 0 heterocycles. The lowest BCUT2D eigenvalue weighted by Crippen LogP contribution is -2.51. The van der Waals surface area contributed by atoms with Crippen LogP contribution in [0.15, 0.2) is 47.6 Å². The highest BCUT2D eigenvalue weighted by Gasteiger charge is 2.23. The van der Waals surface area contributed by atoms with Gasteiger partial charge < -0.3 is 20.5 Å². The van der Waals surface area contributed by atoms with Gasteiger partial charge in [0.1, 0.15) is 12.6 Å². The summed E-state index contributed by atoms with van der Waals surface area (Å²) in [5, 5.41) is 18.0. The Bertz CT molecular complexity index is 687. The Morgan fingerprint density at radius 2 is 2.00 bits per heavy atom. The number of rotatable bonds is 11. The number of azide groups is 1. The van der Waals surface area contributed by atoms with Crippen LogP contribution in [0.2, 0.25) is 0 Å². The van der Waals surface area contributed by atoms with Crippen LogP contribution in [0.25, 0.3) is 10.4 Å². The van der Waals surface area contributed by atoms with Gasteiger partial charge in [0.25, 0.3) is 0 Å². The zero-order valence-corrected chi connectivity index (χ0v) is 16.1. The molecule has 28 heavy (non-hydrogen) atoms. The SMILES string of the molecule is CC(C)[C@@H](CO)NC(=O)[C@H](/C=C/CCN=[N+]=[N-])NC(=O)OCc1ccccc1. The summed E-state index contributed by atoms with van der Waals surface area (Å²) >= 11 is 0. The van der Waals surface area contributed by atoms with Crippen molar-refractivity contribution in [3.8, 4) is 0 Å². The minimum Gasteiger partial charge on any atom is -0.445 e. The smallest absolute Gasteiger partial charge is 0.408 e. The van der Waals surface area contributed by atoms with Crippen LogP contribution in [0.4, 0.5) is 4.79 Å². The van der Waals surface area contributed by atoms with Crippen molar-refractivity contribution in [3.63, 3.8) is 0 Å². The Morgan fingerprint density at radius 3 is 2.61 bits per heavy atom. The summed E-state index contributed by atoms with van der Waals surface area (Å²) in [7, 11) is 0. The number of hydrogen-bond donors (Lipinski definition) is 3. The topological polar surface area (TPSA) is 136 Å². The van der Waals surface area contributed by atoms with E-state index < -0.39 is 24.1 Å². The summed E-state index contributed by atoms with van der Waals surface area (Å²) in [6.07, 6.45) is 2.82. The van der Waals surface area contributed by atoms with E-state index in [0.29, 0.717) is 6.42 Å². The highest BCUT2D eigenvalue weighted by atomic mass is 16.5. The molecule has 3 N–H and O–H groups in total. The van der Waals surface area contributed by atoms with Crippen LogP contribution in [-0.4, -0.2) is 42.3 Å². The predicted octanol–water partition coefficient (Wildman–Crippen LogP) is 2.67. The Kier molecular flexibility index (Phi) is 10.8. The predicted molar refractivity (Wildman–Crippen MR) is 105 cm³/mol. The molecule has 0 radical (unpaired) electrons. The van der Waals surface area contributed by atoms with E-state index in [1.807, 2.05) is 44.2 Å². The number of alkyl carbamates (subject to hydrolysis) is 1. The molecule has 0 saturated carbocycles. The molecule has 9 nitrogen and oxygen atoms in total. The molecule has 0 unspecified atom stereocenters. The number of nitrogens with zero attached hydrogens (tertiary/aromatic N) is 3. The Morgan fingerprint density at radius 1 is 1.29 bits per heavy atom. The Balaban J connectivity index is 2.70. The second-order valence-electron chi connectivity index (χ2n) is 6.40. The molecular formula is C19H27N5O4. The van der Waals surface area contributed by atoms with Crippen molar-refractivity contribution in [2.75, 3.05) is 13.2 Å². The van der Waals surface area contributed by atoms with Gasteiger partial charge in [-0.05, 0) is 23.4 Å². The number of hydrogen-bond acceptors (Lipinski definition) is 5. The summed E-state index contributed by atoms with van der Waals surface area (Å²) < 4.78 is 5.15. The fraction of sp³-hybridized carbons (Fsp3) is 0.474. The minimum absolute atomic E-state index is 0.0218. The van der Waals surface area contributed by atoms with Gasteiger partial charge >= 0.3 is 6.09 Å².